The van der Waals surface area contributed by atoms with Crippen LogP contribution < -0.4 is 0 Å². The van der Waals surface area contributed by atoms with Crippen LogP contribution in [-0.2, 0) is 9.31 Å². The minimum atomic E-state index is -0.179. The van der Waals surface area contributed by atoms with Gasteiger partial charge in [0.15, 0.2) is 0 Å². The normalized spacial score (nSPS) is 44.5. The highest BCUT2D eigenvalue weighted by molar-refractivity contribution is 6.51. The van der Waals surface area contributed by atoms with E-state index in [0.717, 1.165) is 0 Å². The highest BCUT2D eigenvalue weighted by Crippen LogP contribution is 2.85. The molecule has 0 N–H and O–H groups in total. The molecule has 0 atom stereocenters. The zero-order valence-electron chi connectivity index (χ0n) is 13.0. The molecule has 0 aromatic heterocycles. The minimum absolute atomic E-state index is 0.0201. The Labute approximate surface area is 112 Å². The van der Waals surface area contributed by atoms with Crippen LogP contribution in [0.1, 0.15) is 67.7 Å². The Morgan fingerprint density at radius 2 is 1.22 bits per heavy atom. The molecule has 3 aliphatic carbocycles. The SMILES string of the molecule is CC(C)(C)C12CC(B3OC(C)(C)C(C)(C)O3)(C1)C2. The molecule has 0 unspecified atom stereocenters. The van der Waals surface area contributed by atoms with Crippen molar-refractivity contribution in [2.24, 2.45) is 10.8 Å². The molecule has 18 heavy (non-hydrogen) atoms. The van der Waals surface area contributed by atoms with Crippen molar-refractivity contribution < 1.29 is 9.31 Å². The van der Waals surface area contributed by atoms with Gasteiger partial charge < -0.3 is 9.31 Å². The van der Waals surface area contributed by atoms with Crippen molar-refractivity contribution in [2.45, 2.75) is 84.2 Å². The summed E-state index contributed by atoms with van der Waals surface area (Å²) in [5.41, 5.74) is 0.638. The first kappa shape index (κ1) is 13.0. The molecule has 2 bridgehead atoms. The number of rotatable bonds is 1. The van der Waals surface area contributed by atoms with Gasteiger partial charge in [-0.3, -0.25) is 0 Å². The average Bonchev–Trinajstić information content (AvgIpc) is 2.10. The Morgan fingerprint density at radius 1 is 0.833 bits per heavy atom. The first-order valence-corrected chi connectivity index (χ1v) is 7.29. The van der Waals surface area contributed by atoms with Gasteiger partial charge in [-0.05, 0) is 57.8 Å². The summed E-state index contributed by atoms with van der Waals surface area (Å²) in [7, 11) is 0.0201. The zero-order chi connectivity index (χ0) is 13.6. The van der Waals surface area contributed by atoms with Crippen LogP contribution in [0.2, 0.25) is 5.31 Å². The maximum Gasteiger partial charge on any atom is 0.464 e. The fourth-order valence-corrected chi connectivity index (χ4v) is 4.00. The van der Waals surface area contributed by atoms with Crippen molar-refractivity contribution in [1.82, 2.24) is 0 Å². The Kier molecular flexibility index (Phi) is 2.17. The van der Waals surface area contributed by atoms with Crippen LogP contribution in [0, 0.1) is 10.8 Å². The predicted molar refractivity (Wildman–Crippen MR) is 74.5 cm³/mol. The van der Waals surface area contributed by atoms with E-state index in [0.29, 0.717) is 16.1 Å². The third kappa shape index (κ3) is 1.33. The van der Waals surface area contributed by atoms with E-state index < -0.39 is 0 Å². The Morgan fingerprint density at radius 3 is 1.56 bits per heavy atom. The van der Waals surface area contributed by atoms with E-state index in [2.05, 4.69) is 48.5 Å². The fraction of sp³-hybridized carbons (Fsp3) is 1.00. The van der Waals surface area contributed by atoms with Gasteiger partial charge >= 0.3 is 7.12 Å². The molecule has 3 saturated carbocycles. The minimum Gasteiger partial charge on any atom is -0.403 e. The van der Waals surface area contributed by atoms with Crippen LogP contribution in [0.5, 0.6) is 0 Å². The molecular weight excluding hydrogens is 223 g/mol. The highest BCUT2D eigenvalue weighted by Gasteiger charge is 2.78. The van der Waals surface area contributed by atoms with E-state index in [4.69, 9.17) is 9.31 Å². The van der Waals surface area contributed by atoms with Crippen LogP contribution >= 0.6 is 0 Å². The average molecular weight is 250 g/mol. The maximum atomic E-state index is 6.24. The standard InChI is InChI=1S/C15H27BO2/c1-11(2,3)14-8-15(9-14,10-14)16-17-12(4,5)13(6,7)18-16/h8-10H2,1-7H3. The maximum absolute atomic E-state index is 6.24. The molecule has 102 valence electrons. The van der Waals surface area contributed by atoms with E-state index in [1.807, 2.05) is 0 Å². The predicted octanol–water partition coefficient (Wildman–Crippen LogP) is 4.05. The van der Waals surface area contributed by atoms with Crippen molar-refractivity contribution in [3.63, 3.8) is 0 Å². The lowest BCUT2D eigenvalue weighted by atomic mass is 9.20. The van der Waals surface area contributed by atoms with Crippen LogP contribution in [0.25, 0.3) is 0 Å². The van der Waals surface area contributed by atoms with Gasteiger partial charge in [0.2, 0.25) is 0 Å². The Bertz CT molecular complexity index is 356. The monoisotopic (exact) mass is 250 g/mol. The molecule has 1 saturated heterocycles. The van der Waals surface area contributed by atoms with Crippen molar-refractivity contribution in [2.75, 3.05) is 0 Å². The Balaban J connectivity index is 1.72. The molecule has 0 spiro atoms. The smallest absolute Gasteiger partial charge is 0.403 e. The lowest BCUT2D eigenvalue weighted by Crippen LogP contribution is -2.68. The van der Waals surface area contributed by atoms with Gasteiger partial charge in [-0.15, -0.1) is 0 Å². The molecule has 0 aromatic carbocycles. The molecule has 4 rings (SSSR count). The second-order valence-electron chi connectivity index (χ2n) is 9.01. The van der Waals surface area contributed by atoms with Crippen molar-refractivity contribution in [3.8, 4) is 0 Å². The summed E-state index contributed by atoms with van der Waals surface area (Å²) in [6, 6.07) is 0. The number of hydrogen-bond donors (Lipinski definition) is 0. The zero-order valence-corrected chi connectivity index (χ0v) is 13.0. The molecule has 1 aliphatic heterocycles. The molecule has 4 aliphatic rings. The van der Waals surface area contributed by atoms with E-state index in [9.17, 15) is 0 Å². The molecule has 4 fully saturated rings. The van der Waals surface area contributed by atoms with E-state index in [-0.39, 0.29) is 18.3 Å². The largest absolute Gasteiger partial charge is 0.464 e. The highest BCUT2D eigenvalue weighted by atomic mass is 16.7. The van der Waals surface area contributed by atoms with Gasteiger partial charge in [0.25, 0.3) is 0 Å². The topological polar surface area (TPSA) is 18.5 Å². The number of hydrogen-bond acceptors (Lipinski definition) is 2. The molecular formula is C15H27BO2. The Hall–Kier alpha value is -0.0151. The van der Waals surface area contributed by atoms with E-state index >= 15 is 0 Å². The van der Waals surface area contributed by atoms with Gasteiger partial charge in [0, 0.05) is 5.31 Å². The second-order valence-corrected chi connectivity index (χ2v) is 9.01. The van der Waals surface area contributed by atoms with Gasteiger partial charge in [-0.1, -0.05) is 20.8 Å². The van der Waals surface area contributed by atoms with Crippen LogP contribution in [0.3, 0.4) is 0 Å². The molecule has 1 heterocycles. The van der Waals surface area contributed by atoms with Crippen molar-refractivity contribution >= 4 is 7.12 Å². The lowest BCUT2D eigenvalue weighted by Gasteiger charge is -2.76. The van der Waals surface area contributed by atoms with E-state index in [1.54, 1.807) is 0 Å². The van der Waals surface area contributed by atoms with Gasteiger partial charge in [0.1, 0.15) is 0 Å². The van der Waals surface area contributed by atoms with Crippen LogP contribution in [-0.4, -0.2) is 18.3 Å². The first-order valence-electron chi connectivity index (χ1n) is 7.29. The molecule has 2 nitrogen and oxygen atoms in total. The summed E-state index contributed by atoms with van der Waals surface area (Å²) in [4.78, 5) is 0. The molecule has 0 radical (unpaired) electrons. The fourth-order valence-electron chi connectivity index (χ4n) is 4.00. The second kappa shape index (κ2) is 3.01. The summed E-state index contributed by atoms with van der Waals surface area (Å²) in [5.74, 6) is 0. The summed E-state index contributed by atoms with van der Waals surface area (Å²) < 4.78 is 12.5. The molecule has 0 amide bonds. The summed E-state index contributed by atoms with van der Waals surface area (Å²) in [5, 5.41) is 0.332. The molecule has 3 heteroatoms. The van der Waals surface area contributed by atoms with Crippen LogP contribution in [0.4, 0.5) is 0 Å². The van der Waals surface area contributed by atoms with Crippen LogP contribution in [0.15, 0.2) is 0 Å². The van der Waals surface area contributed by atoms with Gasteiger partial charge in [0.05, 0.1) is 11.2 Å². The van der Waals surface area contributed by atoms with Crippen molar-refractivity contribution in [1.29, 1.82) is 0 Å². The quantitative estimate of drug-likeness (QED) is 0.653. The lowest BCUT2D eigenvalue weighted by molar-refractivity contribution is -0.181. The third-order valence-corrected chi connectivity index (χ3v) is 6.42. The van der Waals surface area contributed by atoms with Gasteiger partial charge in [-0.2, -0.15) is 0 Å². The summed E-state index contributed by atoms with van der Waals surface area (Å²) >= 11 is 0. The van der Waals surface area contributed by atoms with Crippen molar-refractivity contribution in [3.05, 3.63) is 0 Å². The summed E-state index contributed by atoms with van der Waals surface area (Å²) in [6.45, 7) is 15.7. The first-order chi connectivity index (χ1) is 7.93. The molecule has 0 aromatic rings. The summed E-state index contributed by atoms with van der Waals surface area (Å²) in [6.07, 6.45) is 3.88. The van der Waals surface area contributed by atoms with E-state index in [1.165, 1.54) is 19.3 Å². The third-order valence-electron chi connectivity index (χ3n) is 6.42. The van der Waals surface area contributed by atoms with Gasteiger partial charge in [-0.25, -0.2) is 0 Å².